The van der Waals surface area contributed by atoms with E-state index in [1.807, 2.05) is 31.2 Å². The van der Waals surface area contributed by atoms with Crippen LogP contribution in [0.2, 0.25) is 0 Å². The normalized spacial score (nSPS) is 11.0. The zero-order valence-corrected chi connectivity index (χ0v) is 17.3. The number of carbonyl (C=O) groups excluding carboxylic acids is 1. The molecule has 2 heterocycles. The van der Waals surface area contributed by atoms with Gasteiger partial charge in [0.25, 0.3) is 11.5 Å². The first-order chi connectivity index (χ1) is 13.6. The Labute approximate surface area is 168 Å². The molecule has 0 bridgehead atoms. The maximum atomic E-state index is 12.9. The monoisotopic (exact) mass is 399 g/mol. The van der Waals surface area contributed by atoms with E-state index in [1.54, 1.807) is 17.8 Å². The molecular formula is C21H25N3O3S. The Morgan fingerprint density at radius 1 is 1.25 bits per heavy atom. The average molecular weight is 400 g/mol. The largest absolute Gasteiger partial charge is 0.491 e. The molecule has 6 nitrogen and oxygen atoms in total. The molecule has 0 fully saturated rings. The highest BCUT2D eigenvalue weighted by Crippen LogP contribution is 2.30. The Morgan fingerprint density at radius 3 is 2.79 bits per heavy atom. The second-order valence-corrected chi connectivity index (χ2v) is 7.63. The third kappa shape index (κ3) is 4.09. The van der Waals surface area contributed by atoms with Crippen molar-refractivity contribution in [2.75, 3.05) is 11.9 Å². The van der Waals surface area contributed by atoms with Gasteiger partial charge in [0.05, 0.1) is 28.9 Å². The summed E-state index contributed by atoms with van der Waals surface area (Å²) < 4.78 is 7.33. The number of fused-ring (bicyclic) bond motifs is 1. The number of nitrogens with zero attached hydrogens (tertiary/aromatic N) is 2. The molecule has 3 rings (SSSR count). The number of ether oxygens (including phenoxy) is 1. The molecule has 0 radical (unpaired) electrons. The molecule has 7 heteroatoms. The summed E-state index contributed by atoms with van der Waals surface area (Å²) in [5, 5.41) is 3.45. The summed E-state index contributed by atoms with van der Waals surface area (Å²) in [4.78, 5) is 31.2. The van der Waals surface area contributed by atoms with Gasteiger partial charge in [0, 0.05) is 6.54 Å². The molecule has 0 aliphatic heterocycles. The highest BCUT2D eigenvalue weighted by atomic mass is 32.1. The van der Waals surface area contributed by atoms with Crippen molar-refractivity contribution >= 4 is 33.1 Å². The van der Waals surface area contributed by atoms with Gasteiger partial charge in [-0.3, -0.25) is 14.2 Å². The lowest BCUT2D eigenvalue weighted by molar-refractivity contribution is 0.102. The number of aryl methyl sites for hydroxylation is 2. The van der Waals surface area contributed by atoms with Crippen molar-refractivity contribution < 1.29 is 9.53 Å². The maximum Gasteiger partial charge on any atom is 0.266 e. The number of thiophene rings is 1. The van der Waals surface area contributed by atoms with E-state index in [0.717, 1.165) is 19.3 Å². The van der Waals surface area contributed by atoms with Gasteiger partial charge in [-0.1, -0.05) is 32.4 Å². The number of aromatic nitrogens is 2. The molecule has 0 saturated carbocycles. The van der Waals surface area contributed by atoms with Crippen LogP contribution in [0.3, 0.4) is 0 Å². The van der Waals surface area contributed by atoms with Crippen molar-refractivity contribution in [3.63, 3.8) is 0 Å². The van der Waals surface area contributed by atoms with E-state index in [2.05, 4.69) is 17.2 Å². The van der Waals surface area contributed by atoms with Crippen LogP contribution in [0.5, 0.6) is 5.75 Å². The van der Waals surface area contributed by atoms with Gasteiger partial charge in [0.2, 0.25) is 0 Å². The molecule has 0 saturated heterocycles. The smallest absolute Gasteiger partial charge is 0.266 e. The number of hydrogen-bond donors (Lipinski definition) is 1. The lowest BCUT2D eigenvalue weighted by atomic mass is 10.2. The number of anilines is 1. The summed E-state index contributed by atoms with van der Waals surface area (Å²) in [7, 11) is 0. The number of para-hydroxylation sites is 2. The maximum absolute atomic E-state index is 12.9. The average Bonchev–Trinajstić information content (AvgIpc) is 3.04. The zero-order valence-electron chi connectivity index (χ0n) is 16.4. The van der Waals surface area contributed by atoms with Gasteiger partial charge in [0.1, 0.15) is 10.6 Å². The minimum atomic E-state index is -0.257. The topological polar surface area (TPSA) is 73.2 Å². The van der Waals surface area contributed by atoms with Crippen molar-refractivity contribution in [3.8, 4) is 5.75 Å². The second-order valence-electron chi connectivity index (χ2n) is 6.63. The van der Waals surface area contributed by atoms with Crippen molar-refractivity contribution in [1.82, 2.24) is 9.55 Å². The zero-order chi connectivity index (χ0) is 20.1. The molecule has 1 N–H and O–H groups in total. The molecule has 28 heavy (non-hydrogen) atoms. The van der Waals surface area contributed by atoms with Gasteiger partial charge in [0.15, 0.2) is 0 Å². The summed E-state index contributed by atoms with van der Waals surface area (Å²) in [6, 6.07) is 7.35. The van der Waals surface area contributed by atoms with Crippen LogP contribution in [0.15, 0.2) is 35.4 Å². The molecule has 1 amide bonds. The van der Waals surface area contributed by atoms with Gasteiger partial charge in [-0.15, -0.1) is 11.3 Å². The van der Waals surface area contributed by atoms with Crippen LogP contribution in [0.4, 0.5) is 5.69 Å². The quantitative estimate of drug-likeness (QED) is 0.600. The molecule has 0 atom stereocenters. The molecule has 0 spiro atoms. The Hall–Kier alpha value is -2.67. The van der Waals surface area contributed by atoms with E-state index in [1.165, 1.54) is 11.3 Å². The SMILES string of the molecule is CCCCn1cnc2sc(C(=O)Nc3ccccc3OCCC)c(C)c2c1=O. The number of unbranched alkanes of at least 4 members (excludes halogenated alkanes) is 1. The number of rotatable bonds is 8. The Kier molecular flexibility index (Phi) is 6.46. The van der Waals surface area contributed by atoms with E-state index in [0.29, 0.717) is 45.2 Å². The first-order valence-corrected chi connectivity index (χ1v) is 10.4. The lowest BCUT2D eigenvalue weighted by Crippen LogP contribution is -2.20. The Morgan fingerprint density at radius 2 is 2.04 bits per heavy atom. The highest BCUT2D eigenvalue weighted by molar-refractivity contribution is 7.20. The molecule has 1 aromatic carbocycles. The molecule has 148 valence electrons. The minimum Gasteiger partial charge on any atom is -0.491 e. The second kappa shape index (κ2) is 9.01. The summed E-state index contributed by atoms with van der Waals surface area (Å²) in [6.07, 6.45) is 4.37. The Bertz CT molecular complexity index is 1040. The summed E-state index contributed by atoms with van der Waals surface area (Å²) in [5.41, 5.74) is 1.21. The van der Waals surface area contributed by atoms with Crippen LogP contribution in [-0.2, 0) is 6.54 Å². The molecular weight excluding hydrogens is 374 g/mol. The van der Waals surface area contributed by atoms with E-state index in [-0.39, 0.29) is 11.5 Å². The fourth-order valence-corrected chi connectivity index (χ4v) is 3.98. The number of carbonyl (C=O) groups is 1. The van der Waals surface area contributed by atoms with Crippen molar-refractivity contribution in [2.24, 2.45) is 0 Å². The van der Waals surface area contributed by atoms with Crippen molar-refractivity contribution in [1.29, 1.82) is 0 Å². The van der Waals surface area contributed by atoms with Gasteiger partial charge >= 0.3 is 0 Å². The fraction of sp³-hybridized carbons (Fsp3) is 0.381. The predicted molar refractivity (Wildman–Crippen MR) is 114 cm³/mol. The highest BCUT2D eigenvalue weighted by Gasteiger charge is 2.20. The third-order valence-corrected chi connectivity index (χ3v) is 5.67. The van der Waals surface area contributed by atoms with E-state index >= 15 is 0 Å². The van der Waals surface area contributed by atoms with Gasteiger partial charge < -0.3 is 10.1 Å². The van der Waals surface area contributed by atoms with Crippen molar-refractivity contribution in [2.45, 2.75) is 46.6 Å². The Balaban J connectivity index is 1.92. The molecule has 0 aliphatic carbocycles. The summed E-state index contributed by atoms with van der Waals surface area (Å²) in [6.45, 7) is 7.13. The first-order valence-electron chi connectivity index (χ1n) is 9.58. The number of nitrogens with one attached hydrogen (secondary N) is 1. The molecule has 3 aromatic rings. The minimum absolute atomic E-state index is 0.0853. The van der Waals surface area contributed by atoms with Crippen molar-refractivity contribution in [3.05, 3.63) is 51.4 Å². The van der Waals surface area contributed by atoms with Crippen LogP contribution in [0.1, 0.15) is 48.3 Å². The third-order valence-electron chi connectivity index (χ3n) is 4.47. The van der Waals surface area contributed by atoms with Gasteiger partial charge in [-0.05, 0) is 37.5 Å². The first kappa shape index (κ1) is 20.1. The van der Waals surface area contributed by atoms with Gasteiger partial charge in [-0.2, -0.15) is 0 Å². The van der Waals surface area contributed by atoms with E-state index in [9.17, 15) is 9.59 Å². The van der Waals surface area contributed by atoms with Crippen LogP contribution >= 0.6 is 11.3 Å². The van der Waals surface area contributed by atoms with E-state index < -0.39 is 0 Å². The fourth-order valence-electron chi connectivity index (χ4n) is 2.95. The van der Waals surface area contributed by atoms with Gasteiger partial charge in [-0.25, -0.2) is 4.98 Å². The van der Waals surface area contributed by atoms with E-state index in [4.69, 9.17) is 4.74 Å². The standard InChI is InChI=1S/C21H25N3O3S/c1-4-6-11-24-13-22-20-17(21(24)26)14(3)18(28-20)19(25)23-15-9-7-8-10-16(15)27-12-5-2/h7-10,13H,4-6,11-12H2,1-3H3,(H,23,25). The predicted octanol–water partition coefficient (Wildman–Crippen LogP) is 4.61. The lowest BCUT2D eigenvalue weighted by Gasteiger charge is -2.11. The number of hydrogen-bond acceptors (Lipinski definition) is 5. The molecule has 2 aromatic heterocycles. The molecule has 0 aliphatic rings. The number of benzene rings is 1. The molecule has 0 unspecified atom stereocenters. The van der Waals surface area contributed by atoms with Crippen LogP contribution in [0, 0.1) is 6.92 Å². The van der Waals surface area contributed by atoms with Crippen LogP contribution in [0.25, 0.3) is 10.2 Å². The van der Waals surface area contributed by atoms with Crippen LogP contribution < -0.4 is 15.6 Å². The number of amides is 1. The van der Waals surface area contributed by atoms with Crippen LogP contribution in [-0.4, -0.2) is 22.1 Å². The summed E-state index contributed by atoms with van der Waals surface area (Å²) >= 11 is 1.24. The summed E-state index contributed by atoms with van der Waals surface area (Å²) in [5.74, 6) is 0.379.